The maximum Gasteiger partial charge on any atom is 0.272 e. The first kappa shape index (κ1) is 20.3. The molecule has 0 unspecified atom stereocenters. The van der Waals surface area contributed by atoms with Gasteiger partial charge in [-0.05, 0) is 44.2 Å². The number of carbonyl (C=O) groups is 1. The van der Waals surface area contributed by atoms with Crippen molar-refractivity contribution >= 4 is 16.7 Å². The molecule has 0 atom stereocenters. The van der Waals surface area contributed by atoms with Crippen LogP contribution in [0.5, 0.6) is 5.75 Å². The molecule has 9 heteroatoms. The summed E-state index contributed by atoms with van der Waals surface area (Å²) in [4.78, 5) is 24.4. The van der Waals surface area contributed by atoms with Crippen LogP contribution < -0.4 is 15.6 Å². The molecule has 0 spiro atoms. The minimum Gasteiger partial charge on any atom is -0.494 e. The number of amides is 1. The first-order chi connectivity index (χ1) is 15.1. The van der Waals surface area contributed by atoms with E-state index in [9.17, 15) is 9.59 Å². The van der Waals surface area contributed by atoms with Crippen LogP contribution in [-0.2, 0) is 17.8 Å². The maximum atomic E-state index is 12.5. The third kappa shape index (κ3) is 4.30. The Balaban J connectivity index is 1.44. The lowest BCUT2D eigenvalue weighted by molar-refractivity contribution is -0.120. The van der Waals surface area contributed by atoms with Crippen molar-refractivity contribution in [1.29, 1.82) is 0 Å². The fourth-order valence-electron chi connectivity index (χ4n) is 3.32. The van der Waals surface area contributed by atoms with Gasteiger partial charge in [0.15, 0.2) is 0 Å². The van der Waals surface area contributed by atoms with Crippen LogP contribution in [0.15, 0.2) is 53.3 Å². The topological polar surface area (TPSA) is 115 Å². The summed E-state index contributed by atoms with van der Waals surface area (Å²) >= 11 is 0. The minimum atomic E-state index is -0.277. The number of benzene rings is 2. The molecule has 158 valence electrons. The second-order valence-corrected chi connectivity index (χ2v) is 6.96. The number of H-pyrrole nitrogens is 1. The molecule has 0 saturated carbocycles. The van der Waals surface area contributed by atoms with E-state index in [1.165, 1.54) is 0 Å². The van der Waals surface area contributed by atoms with Gasteiger partial charge < -0.3 is 10.1 Å². The summed E-state index contributed by atoms with van der Waals surface area (Å²) in [7, 11) is 0. The third-order valence-electron chi connectivity index (χ3n) is 4.94. The van der Waals surface area contributed by atoms with E-state index in [0.29, 0.717) is 28.8 Å². The standard InChI is InChI=1S/C22H22N6O3/c1-3-31-16-10-8-15(9-11-16)28-14(2)20(25-27-28)13-23-21(29)12-19-17-6-4-5-7-18(17)22(30)26-24-19/h4-11H,3,12-13H2,1-2H3,(H,23,29)(H,26,30). The molecule has 2 aromatic carbocycles. The molecule has 0 radical (unpaired) electrons. The van der Waals surface area contributed by atoms with E-state index < -0.39 is 0 Å². The van der Waals surface area contributed by atoms with Gasteiger partial charge >= 0.3 is 0 Å². The lowest BCUT2D eigenvalue weighted by atomic mass is 10.1. The Bertz CT molecular complexity index is 1280. The Kier molecular flexibility index (Phi) is 5.74. The predicted molar refractivity (Wildman–Crippen MR) is 115 cm³/mol. The summed E-state index contributed by atoms with van der Waals surface area (Å²) in [5.41, 5.74) is 2.59. The molecule has 0 aliphatic heterocycles. The summed E-state index contributed by atoms with van der Waals surface area (Å²) in [5.74, 6) is 0.569. The van der Waals surface area contributed by atoms with E-state index in [4.69, 9.17) is 4.74 Å². The summed E-state index contributed by atoms with van der Waals surface area (Å²) < 4.78 is 7.18. The van der Waals surface area contributed by atoms with Gasteiger partial charge in [0.25, 0.3) is 5.56 Å². The number of carbonyl (C=O) groups excluding carboxylic acids is 1. The third-order valence-corrected chi connectivity index (χ3v) is 4.94. The van der Waals surface area contributed by atoms with Gasteiger partial charge in [-0.25, -0.2) is 9.78 Å². The number of aromatic nitrogens is 5. The zero-order valence-electron chi connectivity index (χ0n) is 17.3. The number of rotatable bonds is 7. The molecule has 1 amide bonds. The second-order valence-electron chi connectivity index (χ2n) is 6.96. The average Bonchev–Trinajstić information content (AvgIpc) is 3.15. The van der Waals surface area contributed by atoms with E-state index in [0.717, 1.165) is 17.1 Å². The van der Waals surface area contributed by atoms with Crippen molar-refractivity contribution < 1.29 is 9.53 Å². The number of fused-ring (bicyclic) bond motifs is 1. The highest BCUT2D eigenvalue weighted by molar-refractivity contribution is 5.88. The summed E-state index contributed by atoms with van der Waals surface area (Å²) in [6.07, 6.45) is 0.0450. The van der Waals surface area contributed by atoms with Crippen molar-refractivity contribution in [2.24, 2.45) is 0 Å². The molecule has 0 saturated heterocycles. The molecule has 2 N–H and O–H groups in total. The van der Waals surface area contributed by atoms with Crippen LogP contribution in [0.4, 0.5) is 0 Å². The normalized spacial score (nSPS) is 10.9. The molecule has 9 nitrogen and oxygen atoms in total. The second kappa shape index (κ2) is 8.78. The molecule has 4 rings (SSSR count). The van der Waals surface area contributed by atoms with E-state index in [1.54, 1.807) is 22.9 Å². The molecule has 2 aromatic heterocycles. The number of hydrogen-bond donors (Lipinski definition) is 2. The van der Waals surface area contributed by atoms with Crippen molar-refractivity contribution in [3.05, 3.63) is 76.0 Å². The summed E-state index contributed by atoms with van der Waals surface area (Å²) in [5, 5.41) is 18.9. The largest absolute Gasteiger partial charge is 0.494 e. The average molecular weight is 418 g/mol. The first-order valence-electron chi connectivity index (χ1n) is 9.94. The monoisotopic (exact) mass is 418 g/mol. The SMILES string of the molecule is CCOc1ccc(-n2nnc(CNC(=O)Cc3n[nH]c(=O)c4ccccc34)c2C)cc1. The van der Waals surface area contributed by atoms with Crippen molar-refractivity contribution in [1.82, 2.24) is 30.5 Å². The van der Waals surface area contributed by atoms with Gasteiger partial charge in [0.05, 0.1) is 42.0 Å². The van der Waals surface area contributed by atoms with Crippen molar-refractivity contribution in [2.45, 2.75) is 26.8 Å². The molecule has 0 aliphatic rings. The highest BCUT2D eigenvalue weighted by Crippen LogP contribution is 2.17. The molecular formula is C22H22N6O3. The van der Waals surface area contributed by atoms with Gasteiger partial charge in [-0.15, -0.1) is 5.10 Å². The Morgan fingerprint density at radius 2 is 1.84 bits per heavy atom. The van der Waals surface area contributed by atoms with Crippen LogP contribution in [0.2, 0.25) is 0 Å². The van der Waals surface area contributed by atoms with Gasteiger partial charge in [0.1, 0.15) is 11.4 Å². The highest BCUT2D eigenvalue weighted by atomic mass is 16.5. The molecular weight excluding hydrogens is 396 g/mol. The fraction of sp³-hybridized carbons (Fsp3) is 0.227. The Hall–Kier alpha value is -4.01. The van der Waals surface area contributed by atoms with E-state index in [2.05, 4.69) is 25.8 Å². The lowest BCUT2D eigenvalue weighted by Gasteiger charge is -2.07. The van der Waals surface area contributed by atoms with Gasteiger partial charge in [0.2, 0.25) is 5.91 Å². The maximum absolute atomic E-state index is 12.5. The van der Waals surface area contributed by atoms with Crippen LogP contribution in [0.1, 0.15) is 24.0 Å². The molecule has 0 aliphatic carbocycles. The van der Waals surface area contributed by atoms with Crippen molar-refractivity contribution in [3.63, 3.8) is 0 Å². The number of nitrogens with zero attached hydrogens (tertiary/aromatic N) is 4. The fourth-order valence-corrected chi connectivity index (χ4v) is 3.32. The summed E-state index contributed by atoms with van der Waals surface area (Å²) in [6, 6.07) is 14.6. The lowest BCUT2D eigenvalue weighted by Crippen LogP contribution is -2.26. The number of ether oxygens (including phenoxy) is 1. The minimum absolute atomic E-state index is 0.0450. The van der Waals surface area contributed by atoms with E-state index in [1.807, 2.05) is 44.2 Å². The van der Waals surface area contributed by atoms with Gasteiger partial charge in [-0.3, -0.25) is 9.59 Å². The van der Waals surface area contributed by atoms with E-state index in [-0.39, 0.29) is 24.4 Å². The van der Waals surface area contributed by atoms with Crippen LogP contribution >= 0.6 is 0 Å². The van der Waals surface area contributed by atoms with Crippen LogP contribution in [-0.4, -0.2) is 37.7 Å². The Labute approximate surface area is 178 Å². The molecule has 0 bridgehead atoms. The van der Waals surface area contributed by atoms with E-state index >= 15 is 0 Å². The Morgan fingerprint density at radius 1 is 1.10 bits per heavy atom. The summed E-state index contributed by atoms with van der Waals surface area (Å²) in [6.45, 7) is 4.68. The van der Waals surface area contributed by atoms with Crippen LogP contribution in [0.3, 0.4) is 0 Å². The quantitative estimate of drug-likeness (QED) is 0.475. The van der Waals surface area contributed by atoms with Crippen LogP contribution in [0.25, 0.3) is 16.5 Å². The smallest absolute Gasteiger partial charge is 0.272 e. The Morgan fingerprint density at radius 3 is 2.58 bits per heavy atom. The molecule has 4 aromatic rings. The number of hydrogen-bond acceptors (Lipinski definition) is 6. The predicted octanol–water partition coefficient (Wildman–Crippen LogP) is 2.07. The zero-order chi connectivity index (χ0) is 21.8. The number of aromatic amines is 1. The van der Waals surface area contributed by atoms with Crippen molar-refractivity contribution in [3.8, 4) is 11.4 Å². The zero-order valence-corrected chi connectivity index (χ0v) is 17.3. The molecule has 0 fully saturated rings. The molecule has 2 heterocycles. The van der Waals surface area contributed by atoms with Gasteiger partial charge in [0, 0.05) is 5.39 Å². The van der Waals surface area contributed by atoms with Gasteiger partial charge in [-0.1, -0.05) is 23.4 Å². The highest BCUT2D eigenvalue weighted by Gasteiger charge is 2.14. The van der Waals surface area contributed by atoms with Gasteiger partial charge in [-0.2, -0.15) is 5.10 Å². The van der Waals surface area contributed by atoms with Crippen molar-refractivity contribution in [2.75, 3.05) is 6.61 Å². The first-order valence-corrected chi connectivity index (χ1v) is 9.94. The number of nitrogens with one attached hydrogen (secondary N) is 2. The van der Waals surface area contributed by atoms with Crippen LogP contribution in [0, 0.1) is 6.92 Å². The molecule has 31 heavy (non-hydrogen) atoms.